The van der Waals surface area contributed by atoms with Crippen LogP contribution in [0.2, 0.25) is 5.02 Å². The summed E-state index contributed by atoms with van der Waals surface area (Å²) in [5, 5.41) is 1.23. The molecule has 0 atom stereocenters. The van der Waals surface area contributed by atoms with Crippen LogP contribution >= 0.6 is 27.5 Å². The predicted molar refractivity (Wildman–Crippen MR) is 87.8 cm³/mol. The number of fused-ring (bicyclic) bond motifs is 1. The van der Waals surface area contributed by atoms with Crippen molar-refractivity contribution in [3.05, 3.63) is 63.1 Å². The maximum Gasteiger partial charge on any atom is 0.166 e. The first-order valence-corrected chi connectivity index (χ1v) is 7.68. The van der Waals surface area contributed by atoms with Crippen molar-refractivity contribution >= 4 is 39.1 Å². The summed E-state index contributed by atoms with van der Waals surface area (Å²) in [6, 6.07) is 12.8. The van der Waals surface area contributed by atoms with E-state index in [0.29, 0.717) is 21.4 Å². The van der Waals surface area contributed by atoms with Gasteiger partial charge in [0, 0.05) is 15.6 Å². The highest BCUT2D eigenvalue weighted by atomic mass is 79.9. The zero-order valence-corrected chi connectivity index (χ0v) is 13.9. The van der Waals surface area contributed by atoms with Crippen molar-refractivity contribution in [2.24, 2.45) is 4.99 Å². The van der Waals surface area contributed by atoms with Gasteiger partial charge >= 0.3 is 0 Å². The zero-order valence-electron chi connectivity index (χ0n) is 11.6. The summed E-state index contributed by atoms with van der Waals surface area (Å²) >= 11 is 9.62. The molecule has 0 aromatic heterocycles. The van der Waals surface area contributed by atoms with Crippen LogP contribution in [0.4, 0.5) is 10.2 Å². The maximum atomic E-state index is 14.9. The molecular formula is C16H13BrClFN2. The molecule has 0 amide bonds. The van der Waals surface area contributed by atoms with Gasteiger partial charge in [0.1, 0.15) is 0 Å². The van der Waals surface area contributed by atoms with E-state index in [9.17, 15) is 4.48 Å². The number of hydrogen-bond acceptors (Lipinski definition) is 2. The van der Waals surface area contributed by atoms with Crippen molar-refractivity contribution in [1.82, 2.24) is 5.12 Å². The summed E-state index contributed by atoms with van der Waals surface area (Å²) in [6.45, 7) is 3.63. The van der Waals surface area contributed by atoms with Gasteiger partial charge in [-0.1, -0.05) is 56.3 Å². The van der Waals surface area contributed by atoms with E-state index < -0.39 is 5.54 Å². The topological polar surface area (TPSA) is 15.6 Å². The number of para-hydroxylation sites is 1. The van der Waals surface area contributed by atoms with Crippen molar-refractivity contribution < 1.29 is 4.48 Å². The maximum absolute atomic E-state index is 14.9. The molecule has 0 radical (unpaired) electrons. The van der Waals surface area contributed by atoms with E-state index in [1.54, 1.807) is 6.07 Å². The van der Waals surface area contributed by atoms with Crippen LogP contribution in [-0.4, -0.2) is 11.0 Å². The lowest BCUT2D eigenvalue weighted by Crippen LogP contribution is -2.42. The minimum Gasteiger partial charge on any atom is -0.226 e. The fourth-order valence-corrected chi connectivity index (χ4v) is 2.90. The molecule has 0 bridgehead atoms. The summed E-state index contributed by atoms with van der Waals surface area (Å²) in [6.07, 6.45) is 0. The molecule has 1 aliphatic rings. The number of nitrogens with zero attached hydrogens (tertiary/aromatic N) is 2. The predicted octanol–water partition coefficient (Wildman–Crippen LogP) is 5.62. The molecule has 108 valence electrons. The molecule has 0 saturated carbocycles. The normalized spacial score (nSPS) is 16.4. The van der Waals surface area contributed by atoms with E-state index in [-0.39, 0.29) is 5.84 Å². The van der Waals surface area contributed by atoms with Crippen LogP contribution in [-0.2, 0) is 5.54 Å². The smallest absolute Gasteiger partial charge is 0.166 e. The first-order valence-electron chi connectivity index (χ1n) is 6.51. The van der Waals surface area contributed by atoms with Crippen molar-refractivity contribution in [2.45, 2.75) is 19.4 Å². The molecule has 0 saturated heterocycles. The zero-order chi connectivity index (χ0) is 15.2. The van der Waals surface area contributed by atoms with Gasteiger partial charge < -0.3 is 0 Å². The number of halogens is 3. The molecule has 1 aliphatic heterocycles. The highest BCUT2D eigenvalue weighted by Crippen LogP contribution is 2.44. The second-order valence-corrected chi connectivity index (χ2v) is 6.74. The quantitative estimate of drug-likeness (QED) is 0.598. The van der Waals surface area contributed by atoms with Gasteiger partial charge in [-0.05, 0) is 32.0 Å². The van der Waals surface area contributed by atoms with Crippen LogP contribution in [0.25, 0.3) is 0 Å². The Labute approximate surface area is 136 Å². The summed E-state index contributed by atoms with van der Waals surface area (Å²) < 4.78 is 15.8. The monoisotopic (exact) mass is 366 g/mol. The van der Waals surface area contributed by atoms with E-state index in [2.05, 4.69) is 20.9 Å². The summed E-state index contributed by atoms with van der Waals surface area (Å²) in [7, 11) is 0. The van der Waals surface area contributed by atoms with Crippen LogP contribution in [0.5, 0.6) is 0 Å². The summed E-state index contributed by atoms with van der Waals surface area (Å²) in [5.74, 6) is 0.271. The van der Waals surface area contributed by atoms with Crippen LogP contribution in [0.15, 0.2) is 51.9 Å². The standard InChI is InChI=1S/C16H13BrClFN2/c1-16(2)12-4-3-5-13(18)14(12)20-15(21(16)19)10-6-8-11(17)9-7-10/h3-9H,1-2H3. The molecule has 0 N–H and O–H groups in total. The van der Waals surface area contributed by atoms with Crippen LogP contribution in [0, 0.1) is 0 Å². The van der Waals surface area contributed by atoms with Crippen LogP contribution in [0.3, 0.4) is 0 Å². The third-order valence-electron chi connectivity index (χ3n) is 3.64. The molecule has 3 rings (SSSR count). The third-order valence-corrected chi connectivity index (χ3v) is 4.48. The molecule has 1 heterocycles. The van der Waals surface area contributed by atoms with Crippen molar-refractivity contribution in [1.29, 1.82) is 0 Å². The van der Waals surface area contributed by atoms with E-state index in [4.69, 9.17) is 11.6 Å². The Morgan fingerprint density at radius 2 is 1.81 bits per heavy atom. The minimum absolute atomic E-state index is 0.271. The highest BCUT2D eigenvalue weighted by Gasteiger charge is 2.38. The van der Waals surface area contributed by atoms with E-state index in [0.717, 1.165) is 10.0 Å². The Balaban J connectivity index is 2.22. The van der Waals surface area contributed by atoms with Gasteiger partial charge in [-0.15, -0.1) is 0 Å². The lowest BCUT2D eigenvalue weighted by molar-refractivity contribution is 0.00759. The largest absolute Gasteiger partial charge is 0.226 e. The second kappa shape index (κ2) is 5.11. The molecule has 0 unspecified atom stereocenters. The molecule has 2 nitrogen and oxygen atoms in total. The Hall–Kier alpha value is -1.39. The number of amidine groups is 1. The molecule has 5 heteroatoms. The van der Waals surface area contributed by atoms with Crippen LogP contribution < -0.4 is 0 Å². The summed E-state index contributed by atoms with van der Waals surface area (Å²) in [4.78, 5) is 4.44. The lowest BCUT2D eigenvalue weighted by atomic mass is 9.90. The van der Waals surface area contributed by atoms with E-state index >= 15 is 0 Å². The first-order chi connectivity index (χ1) is 9.91. The molecule has 21 heavy (non-hydrogen) atoms. The molecule has 0 aliphatic carbocycles. The van der Waals surface area contributed by atoms with Crippen molar-refractivity contribution in [3.8, 4) is 0 Å². The second-order valence-electron chi connectivity index (χ2n) is 5.42. The number of aliphatic imine (C=N–C) groups is 1. The van der Waals surface area contributed by atoms with Gasteiger partial charge in [-0.25, -0.2) is 4.99 Å². The lowest BCUT2D eigenvalue weighted by Gasteiger charge is -2.38. The fraction of sp³-hybridized carbons (Fsp3) is 0.188. The Morgan fingerprint density at radius 3 is 2.48 bits per heavy atom. The van der Waals surface area contributed by atoms with E-state index in [1.165, 1.54) is 0 Å². The average molecular weight is 368 g/mol. The number of rotatable bonds is 1. The van der Waals surface area contributed by atoms with Gasteiger partial charge in [0.25, 0.3) is 0 Å². The Morgan fingerprint density at radius 1 is 1.14 bits per heavy atom. The fourth-order valence-electron chi connectivity index (χ4n) is 2.42. The highest BCUT2D eigenvalue weighted by molar-refractivity contribution is 9.10. The molecule has 2 aromatic carbocycles. The molecule has 2 aromatic rings. The first kappa shape index (κ1) is 14.5. The minimum atomic E-state index is -0.829. The SMILES string of the molecule is CC1(C)c2cccc(Cl)c2N=C(c2ccc(Br)cc2)N1F. The van der Waals surface area contributed by atoms with Crippen molar-refractivity contribution in [2.75, 3.05) is 0 Å². The molecule has 0 fully saturated rings. The van der Waals surface area contributed by atoms with Gasteiger partial charge in [-0.2, -0.15) is 5.12 Å². The van der Waals surface area contributed by atoms with Crippen LogP contribution in [0.1, 0.15) is 25.0 Å². The van der Waals surface area contributed by atoms with Crippen molar-refractivity contribution in [3.63, 3.8) is 0 Å². The van der Waals surface area contributed by atoms with Gasteiger partial charge in [0.15, 0.2) is 5.84 Å². The summed E-state index contributed by atoms with van der Waals surface area (Å²) in [5.41, 5.74) is 1.29. The Kier molecular flexibility index (Phi) is 3.54. The van der Waals surface area contributed by atoms with Gasteiger partial charge in [0.2, 0.25) is 0 Å². The third kappa shape index (κ3) is 2.36. The molecule has 0 spiro atoms. The molecular weight excluding hydrogens is 355 g/mol. The van der Waals surface area contributed by atoms with Gasteiger partial charge in [-0.3, -0.25) is 0 Å². The number of benzene rings is 2. The number of hydrogen-bond donors (Lipinski definition) is 0. The average Bonchev–Trinajstić information content (AvgIpc) is 2.45. The van der Waals surface area contributed by atoms with E-state index in [1.807, 2.05) is 50.2 Å². The van der Waals surface area contributed by atoms with Gasteiger partial charge in [0.05, 0.1) is 16.2 Å². The Bertz CT molecular complexity index is 726.